The third kappa shape index (κ3) is 7.69. The summed E-state index contributed by atoms with van der Waals surface area (Å²) in [5, 5.41) is 2.94. The highest BCUT2D eigenvalue weighted by molar-refractivity contribution is 7.92. The summed E-state index contributed by atoms with van der Waals surface area (Å²) in [6.07, 6.45) is 1.02. The lowest BCUT2D eigenvalue weighted by molar-refractivity contribution is -0.140. The van der Waals surface area contributed by atoms with Gasteiger partial charge in [0, 0.05) is 12.6 Å². The minimum absolute atomic E-state index is 0.0118. The zero-order valence-electron chi connectivity index (χ0n) is 23.7. The number of nitrogens with zero attached hydrogens (tertiary/aromatic N) is 2. The second-order valence-corrected chi connectivity index (χ2v) is 11.9. The van der Waals surface area contributed by atoms with Crippen LogP contribution in [0.5, 0.6) is 0 Å². The van der Waals surface area contributed by atoms with Gasteiger partial charge in [0.1, 0.15) is 18.4 Å². The molecule has 0 unspecified atom stereocenters. The van der Waals surface area contributed by atoms with Gasteiger partial charge in [-0.2, -0.15) is 0 Å². The first-order chi connectivity index (χ1) is 19.0. The van der Waals surface area contributed by atoms with Gasteiger partial charge in [-0.25, -0.2) is 12.8 Å². The van der Waals surface area contributed by atoms with Crippen LogP contribution in [0.25, 0.3) is 0 Å². The van der Waals surface area contributed by atoms with Crippen molar-refractivity contribution in [3.8, 4) is 0 Å². The summed E-state index contributed by atoms with van der Waals surface area (Å²) in [4.78, 5) is 28.7. The molecular weight excluding hydrogens is 529 g/mol. The van der Waals surface area contributed by atoms with Crippen LogP contribution in [-0.4, -0.2) is 43.8 Å². The van der Waals surface area contributed by atoms with Crippen molar-refractivity contribution in [3.63, 3.8) is 0 Å². The van der Waals surface area contributed by atoms with E-state index in [0.717, 1.165) is 15.4 Å². The van der Waals surface area contributed by atoms with E-state index in [1.807, 2.05) is 27.7 Å². The Morgan fingerprint density at radius 3 is 1.93 bits per heavy atom. The Kier molecular flexibility index (Phi) is 10.5. The smallest absolute Gasteiger partial charge is 0.264 e. The number of hydrogen-bond donors (Lipinski definition) is 1. The van der Waals surface area contributed by atoms with E-state index in [9.17, 15) is 22.4 Å². The summed E-state index contributed by atoms with van der Waals surface area (Å²) in [6.45, 7) is 8.87. The van der Waals surface area contributed by atoms with E-state index in [0.29, 0.717) is 24.1 Å². The fourth-order valence-corrected chi connectivity index (χ4v) is 5.64. The third-order valence-corrected chi connectivity index (χ3v) is 8.65. The zero-order chi connectivity index (χ0) is 29.4. The number of aryl methyl sites for hydroxylation is 2. The standard InChI is InChI=1S/C31H38FN3O4S/c1-6-24(5)33-31(37)29(7-2)34(20-25-12-14-26(32)15-13-25)30(36)21-35(27-16-8-22(3)9-17-27)40(38,39)28-18-10-23(4)11-19-28/h8-19,24,29H,6-7,20-21H2,1-5H3,(H,33,37)/t24-,29+/m1/s1. The molecule has 0 saturated heterocycles. The van der Waals surface area contributed by atoms with Crippen molar-refractivity contribution in [2.75, 3.05) is 10.8 Å². The number of sulfonamides is 1. The Hall–Kier alpha value is -3.72. The van der Waals surface area contributed by atoms with E-state index in [4.69, 9.17) is 0 Å². The van der Waals surface area contributed by atoms with Gasteiger partial charge in [-0.3, -0.25) is 13.9 Å². The second kappa shape index (κ2) is 13.6. The van der Waals surface area contributed by atoms with E-state index in [1.54, 1.807) is 55.5 Å². The Bertz CT molecular complexity index is 1390. The average molecular weight is 568 g/mol. The van der Waals surface area contributed by atoms with Gasteiger partial charge in [0.25, 0.3) is 10.0 Å². The maximum atomic E-state index is 14.0. The molecule has 0 spiro atoms. The predicted molar refractivity (Wildman–Crippen MR) is 156 cm³/mol. The number of carbonyl (C=O) groups excluding carboxylic acids is 2. The van der Waals surface area contributed by atoms with Crippen molar-refractivity contribution in [3.05, 3.63) is 95.3 Å². The highest BCUT2D eigenvalue weighted by atomic mass is 32.2. The lowest BCUT2D eigenvalue weighted by atomic mass is 10.1. The third-order valence-electron chi connectivity index (χ3n) is 6.86. The molecule has 2 atom stereocenters. The number of hydrogen-bond acceptors (Lipinski definition) is 4. The van der Waals surface area contributed by atoms with Crippen molar-refractivity contribution >= 4 is 27.5 Å². The average Bonchev–Trinajstić information content (AvgIpc) is 2.93. The van der Waals surface area contributed by atoms with Crippen LogP contribution in [0, 0.1) is 19.7 Å². The van der Waals surface area contributed by atoms with E-state index in [1.165, 1.54) is 29.2 Å². The Balaban J connectivity index is 2.04. The molecule has 0 aliphatic rings. The van der Waals surface area contributed by atoms with Gasteiger partial charge < -0.3 is 10.2 Å². The van der Waals surface area contributed by atoms with Crippen molar-refractivity contribution in [1.29, 1.82) is 0 Å². The van der Waals surface area contributed by atoms with Crippen LogP contribution >= 0.6 is 0 Å². The molecule has 7 nitrogen and oxygen atoms in total. The fourth-order valence-electron chi connectivity index (χ4n) is 4.22. The monoisotopic (exact) mass is 567 g/mol. The van der Waals surface area contributed by atoms with Crippen LogP contribution in [0.2, 0.25) is 0 Å². The molecule has 0 bridgehead atoms. The molecule has 0 aliphatic heterocycles. The molecule has 0 heterocycles. The summed E-state index contributed by atoms with van der Waals surface area (Å²) < 4.78 is 42.4. The first-order valence-corrected chi connectivity index (χ1v) is 14.9. The minimum atomic E-state index is -4.13. The number of nitrogens with one attached hydrogen (secondary N) is 1. The molecule has 9 heteroatoms. The molecule has 214 valence electrons. The highest BCUT2D eigenvalue weighted by Gasteiger charge is 2.34. The minimum Gasteiger partial charge on any atom is -0.352 e. The summed E-state index contributed by atoms with van der Waals surface area (Å²) in [5.41, 5.74) is 2.79. The molecule has 1 N–H and O–H groups in total. The predicted octanol–water partition coefficient (Wildman–Crippen LogP) is 5.36. The van der Waals surface area contributed by atoms with Crippen LogP contribution in [0.15, 0.2) is 77.7 Å². The molecular formula is C31H38FN3O4S. The van der Waals surface area contributed by atoms with Gasteiger partial charge in [0.05, 0.1) is 10.6 Å². The van der Waals surface area contributed by atoms with Gasteiger partial charge in [-0.15, -0.1) is 0 Å². The Morgan fingerprint density at radius 1 is 0.850 bits per heavy atom. The molecule has 3 aromatic carbocycles. The van der Waals surface area contributed by atoms with Gasteiger partial charge in [0.15, 0.2) is 0 Å². The second-order valence-electron chi connectivity index (χ2n) is 10.1. The summed E-state index contributed by atoms with van der Waals surface area (Å²) in [6, 6.07) is 18.0. The molecule has 0 aliphatic carbocycles. The molecule has 0 saturated carbocycles. The number of amides is 2. The molecule has 0 radical (unpaired) electrons. The number of anilines is 1. The summed E-state index contributed by atoms with van der Waals surface area (Å²) in [7, 11) is -4.13. The molecule has 3 rings (SSSR count). The summed E-state index contributed by atoms with van der Waals surface area (Å²) >= 11 is 0. The largest absolute Gasteiger partial charge is 0.352 e. The lowest BCUT2D eigenvalue weighted by Gasteiger charge is -2.33. The number of carbonyl (C=O) groups is 2. The topological polar surface area (TPSA) is 86.8 Å². The van der Waals surface area contributed by atoms with Gasteiger partial charge >= 0.3 is 0 Å². The normalized spacial score (nSPS) is 12.8. The first-order valence-electron chi connectivity index (χ1n) is 13.5. The van der Waals surface area contributed by atoms with Crippen LogP contribution in [0.3, 0.4) is 0 Å². The van der Waals surface area contributed by atoms with E-state index in [2.05, 4.69) is 5.32 Å². The van der Waals surface area contributed by atoms with Crippen LogP contribution in [0.4, 0.5) is 10.1 Å². The van der Waals surface area contributed by atoms with E-state index < -0.39 is 34.3 Å². The molecule has 3 aromatic rings. The fraction of sp³-hybridized carbons (Fsp3) is 0.355. The summed E-state index contributed by atoms with van der Waals surface area (Å²) in [5.74, 6) is -1.29. The van der Waals surface area contributed by atoms with Crippen LogP contribution in [-0.2, 0) is 26.2 Å². The van der Waals surface area contributed by atoms with Gasteiger partial charge in [-0.05, 0) is 75.6 Å². The van der Waals surface area contributed by atoms with Crippen LogP contribution in [0.1, 0.15) is 50.3 Å². The van der Waals surface area contributed by atoms with Crippen molar-refractivity contribution in [2.24, 2.45) is 0 Å². The first kappa shape index (κ1) is 30.8. The molecule has 0 aromatic heterocycles. The number of benzene rings is 3. The maximum absolute atomic E-state index is 14.0. The maximum Gasteiger partial charge on any atom is 0.264 e. The Labute approximate surface area is 237 Å². The quantitative estimate of drug-likeness (QED) is 0.319. The molecule has 0 fully saturated rings. The van der Waals surface area contributed by atoms with Crippen molar-refractivity contribution < 1.29 is 22.4 Å². The van der Waals surface area contributed by atoms with Crippen molar-refractivity contribution in [1.82, 2.24) is 10.2 Å². The molecule has 2 amide bonds. The lowest BCUT2D eigenvalue weighted by Crippen LogP contribution is -2.53. The van der Waals surface area contributed by atoms with E-state index >= 15 is 0 Å². The molecule has 40 heavy (non-hydrogen) atoms. The van der Waals surface area contributed by atoms with Gasteiger partial charge in [0.2, 0.25) is 11.8 Å². The number of halogens is 1. The van der Waals surface area contributed by atoms with Gasteiger partial charge in [-0.1, -0.05) is 61.4 Å². The zero-order valence-corrected chi connectivity index (χ0v) is 24.5. The highest BCUT2D eigenvalue weighted by Crippen LogP contribution is 2.25. The van der Waals surface area contributed by atoms with E-state index in [-0.39, 0.29) is 23.4 Å². The number of rotatable bonds is 12. The van der Waals surface area contributed by atoms with Crippen LogP contribution < -0.4 is 9.62 Å². The SMILES string of the molecule is CC[C@@H](C)NC(=O)[C@H](CC)N(Cc1ccc(F)cc1)C(=O)CN(c1ccc(C)cc1)S(=O)(=O)c1ccc(C)cc1. The Morgan fingerprint density at radius 2 is 1.40 bits per heavy atom. The van der Waals surface area contributed by atoms with Crippen molar-refractivity contribution in [2.45, 2.75) is 71.0 Å².